The predicted octanol–water partition coefficient (Wildman–Crippen LogP) is 2.87. The van der Waals surface area contributed by atoms with Gasteiger partial charge in [0.25, 0.3) is 0 Å². The molecule has 1 rings (SSSR count). The molecule has 0 saturated heterocycles. The van der Waals surface area contributed by atoms with Gasteiger partial charge in [0.15, 0.2) is 0 Å². The van der Waals surface area contributed by atoms with Crippen LogP contribution < -0.4 is 0 Å². The highest BCUT2D eigenvalue weighted by molar-refractivity contribution is 8.14. The van der Waals surface area contributed by atoms with Gasteiger partial charge in [-0.25, -0.2) is 0 Å². The number of hydrogen-bond acceptors (Lipinski definition) is 2. The van der Waals surface area contributed by atoms with Gasteiger partial charge in [0.1, 0.15) is 0 Å². The second kappa shape index (κ2) is 6.92. The molecule has 0 amide bonds. The number of carbonyl (C=O) groups excluding carboxylic acids is 1. The number of allylic oxidation sites excluding steroid dienone is 1. The largest absolute Gasteiger partial charge is 0.282 e. The highest BCUT2D eigenvalue weighted by Crippen LogP contribution is 2.00. The van der Waals surface area contributed by atoms with E-state index in [4.69, 9.17) is 0 Å². The van der Waals surface area contributed by atoms with Crippen LogP contribution >= 0.6 is 11.8 Å². The van der Waals surface area contributed by atoms with E-state index in [0.717, 1.165) is 11.3 Å². The Bertz CT molecular complexity index is 396. The minimum atomic E-state index is 0.0554. The first-order valence-corrected chi connectivity index (χ1v) is 5.71. The Morgan fingerprint density at radius 3 is 2.80 bits per heavy atom. The van der Waals surface area contributed by atoms with Crippen molar-refractivity contribution in [2.75, 3.05) is 5.75 Å². The van der Waals surface area contributed by atoms with Crippen LogP contribution in [-0.2, 0) is 4.79 Å². The minimum absolute atomic E-state index is 0.0554. The molecule has 15 heavy (non-hydrogen) atoms. The van der Waals surface area contributed by atoms with Crippen molar-refractivity contribution in [1.29, 1.82) is 0 Å². The lowest BCUT2D eigenvalue weighted by molar-refractivity contribution is -0.107. The molecule has 0 unspecified atom stereocenters. The summed E-state index contributed by atoms with van der Waals surface area (Å²) < 4.78 is 0. The molecule has 2 heteroatoms. The fraction of sp³-hybridized carbons (Fsp3) is 0.154. The highest BCUT2D eigenvalue weighted by Gasteiger charge is 1.90. The van der Waals surface area contributed by atoms with Crippen LogP contribution in [0.2, 0.25) is 0 Å². The van der Waals surface area contributed by atoms with Gasteiger partial charge in [-0.1, -0.05) is 48.7 Å². The Hall–Kier alpha value is -1.46. The highest BCUT2D eigenvalue weighted by atomic mass is 32.2. The Labute approximate surface area is 94.6 Å². The molecule has 76 valence electrons. The van der Waals surface area contributed by atoms with Crippen LogP contribution in [0, 0.1) is 11.8 Å². The number of carbonyl (C=O) groups is 1. The van der Waals surface area contributed by atoms with E-state index in [1.54, 1.807) is 6.08 Å². The molecule has 0 aliphatic heterocycles. The van der Waals surface area contributed by atoms with Crippen molar-refractivity contribution in [2.45, 2.75) is 6.92 Å². The van der Waals surface area contributed by atoms with E-state index >= 15 is 0 Å². The number of hydrogen-bond donors (Lipinski definition) is 0. The van der Waals surface area contributed by atoms with Crippen molar-refractivity contribution in [3.63, 3.8) is 0 Å². The molecule has 1 aromatic rings. The predicted molar refractivity (Wildman–Crippen MR) is 65.6 cm³/mol. The quantitative estimate of drug-likeness (QED) is 0.558. The molecule has 0 fully saturated rings. The fourth-order valence-corrected chi connectivity index (χ4v) is 1.40. The zero-order valence-electron chi connectivity index (χ0n) is 8.57. The molecule has 0 aromatic heterocycles. The lowest BCUT2D eigenvalue weighted by Crippen LogP contribution is -1.83. The third-order valence-electron chi connectivity index (χ3n) is 1.58. The van der Waals surface area contributed by atoms with Crippen LogP contribution in [0.3, 0.4) is 0 Å². The van der Waals surface area contributed by atoms with Gasteiger partial charge in [-0.2, -0.15) is 0 Å². The van der Waals surface area contributed by atoms with Crippen LogP contribution in [0.4, 0.5) is 0 Å². The molecule has 0 heterocycles. The first-order chi connectivity index (χ1) is 7.33. The standard InChI is InChI=1S/C13H12OS/c1-2-15-13(14)11-7-6-10-12-8-4-3-5-9-12/h3-5,7-9,11H,2H2,1H3/b11-7+. The molecule has 0 spiro atoms. The van der Waals surface area contributed by atoms with Crippen molar-refractivity contribution in [3.05, 3.63) is 48.0 Å². The van der Waals surface area contributed by atoms with E-state index < -0.39 is 0 Å². The van der Waals surface area contributed by atoms with Crippen LogP contribution in [-0.4, -0.2) is 10.9 Å². The number of benzene rings is 1. The molecule has 0 saturated carbocycles. The van der Waals surface area contributed by atoms with Gasteiger partial charge in [-0.3, -0.25) is 4.79 Å². The zero-order chi connectivity index (χ0) is 10.9. The van der Waals surface area contributed by atoms with E-state index in [0.29, 0.717) is 0 Å². The average Bonchev–Trinajstić information content (AvgIpc) is 2.26. The van der Waals surface area contributed by atoms with Crippen molar-refractivity contribution in [3.8, 4) is 11.8 Å². The normalized spacial score (nSPS) is 9.67. The second-order valence-corrected chi connectivity index (χ2v) is 3.99. The molecule has 1 aromatic carbocycles. The van der Waals surface area contributed by atoms with E-state index in [2.05, 4.69) is 11.8 Å². The van der Waals surface area contributed by atoms with Crippen molar-refractivity contribution >= 4 is 16.9 Å². The monoisotopic (exact) mass is 216 g/mol. The molecule has 0 N–H and O–H groups in total. The Morgan fingerprint density at radius 1 is 1.40 bits per heavy atom. The smallest absolute Gasteiger partial charge is 0.212 e. The van der Waals surface area contributed by atoms with Gasteiger partial charge in [0.05, 0.1) is 0 Å². The average molecular weight is 216 g/mol. The SMILES string of the molecule is CCSC(=O)/C=C/C#Cc1ccccc1. The maximum Gasteiger partial charge on any atom is 0.212 e. The molecule has 0 radical (unpaired) electrons. The van der Waals surface area contributed by atoms with Gasteiger partial charge >= 0.3 is 0 Å². The maximum absolute atomic E-state index is 11.1. The first kappa shape index (κ1) is 11.6. The molecule has 0 atom stereocenters. The summed E-state index contributed by atoms with van der Waals surface area (Å²) in [7, 11) is 0. The number of thioether (sulfide) groups is 1. The molecule has 1 nitrogen and oxygen atoms in total. The van der Waals surface area contributed by atoms with Gasteiger partial charge in [0.2, 0.25) is 5.12 Å². The topological polar surface area (TPSA) is 17.1 Å². The van der Waals surface area contributed by atoms with Crippen LogP contribution in [0.15, 0.2) is 42.5 Å². The molecular weight excluding hydrogens is 204 g/mol. The lowest BCUT2D eigenvalue weighted by atomic mass is 10.2. The first-order valence-electron chi connectivity index (χ1n) is 4.73. The van der Waals surface area contributed by atoms with Gasteiger partial charge in [0, 0.05) is 11.6 Å². The molecule has 0 aliphatic rings. The van der Waals surface area contributed by atoms with Crippen molar-refractivity contribution in [1.82, 2.24) is 0 Å². The van der Waals surface area contributed by atoms with Crippen LogP contribution in [0.1, 0.15) is 12.5 Å². The van der Waals surface area contributed by atoms with Crippen molar-refractivity contribution < 1.29 is 4.79 Å². The van der Waals surface area contributed by atoms with E-state index in [-0.39, 0.29) is 5.12 Å². The van der Waals surface area contributed by atoms with Gasteiger partial charge in [-0.05, 0) is 24.0 Å². The van der Waals surface area contributed by atoms with Crippen LogP contribution in [0.25, 0.3) is 0 Å². The summed E-state index contributed by atoms with van der Waals surface area (Å²) >= 11 is 1.28. The third-order valence-corrected chi connectivity index (χ3v) is 2.29. The van der Waals surface area contributed by atoms with E-state index in [9.17, 15) is 4.79 Å². The summed E-state index contributed by atoms with van der Waals surface area (Å²) in [5, 5.41) is 0.0554. The molecule has 0 aliphatic carbocycles. The zero-order valence-corrected chi connectivity index (χ0v) is 9.38. The van der Waals surface area contributed by atoms with Gasteiger partial charge < -0.3 is 0 Å². The van der Waals surface area contributed by atoms with E-state index in [1.165, 1.54) is 17.8 Å². The fourth-order valence-electron chi connectivity index (χ4n) is 0.947. The molecular formula is C13H12OS. The van der Waals surface area contributed by atoms with Crippen LogP contribution in [0.5, 0.6) is 0 Å². The second-order valence-electron chi connectivity index (χ2n) is 2.72. The van der Waals surface area contributed by atoms with Crippen molar-refractivity contribution in [2.24, 2.45) is 0 Å². The summed E-state index contributed by atoms with van der Waals surface area (Å²) in [6.07, 6.45) is 3.10. The lowest BCUT2D eigenvalue weighted by Gasteiger charge is -1.86. The third kappa shape index (κ3) is 5.09. The maximum atomic E-state index is 11.1. The van der Waals surface area contributed by atoms with Gasteiger partial charge in [-0.15, -0.1) is 0 Å². The number of rotatable bonds is 2. The van der Waals surface area contributed by atoms with E-state index in [1.807, 2.05) is 37.3 Å². The Kier molecular flexibility index (Phi) is 5.35. The summed E-state index contributed by atoms with van der Waals surface area (Å²) in [4.78, 5) is 11.1. The summed E-state index contributed by atoms with van der Waals surface area (Å²) in [6.45, 7) is 1.95. The minimum Gasteiger partial charge on any atom is -0.282 e. The summed E-state index contributed by atoms with van der Waals surface area (Å²) in [5.74, 6) is 6.57. The Balaban J connectivity index is 2.50. The molecule has 0 bridgehead atoms. The summed E-state index contributed by atoms with van der Waals surface area (Å²) in [5.41, 5.74) is 0.956. The summed E-state index contributed by atoms with van der Waals surface area (Å²) in [6, 6.07) is 9.69. The Morgan fingerprint density at radius 2 is 2.13 bits per heavy atom.